The van der Waals surface area contributed by atoms with Crippen LogP contribution < -0.4 is 0 Å². The van der Waals surface area contributed by atoms with E-state index in [-0.39, 0.29) is 12.2 Å². The van der Waals surface area contributed by atoms with Gasteiger partial charge in [0.05, 0.1) is 10.4 Å². The third kappa shape index (κ3) is 2.00. The minimum absolute atomic E-state index is 0.0118. The number of hydrogen-bond acceptors (Lipinski definition) is 3. The number of carbonyl (C=O) groups excluding carboxylic acids is 1. The fraction of sp³-hybridized carbons (Fsp3) is 0.500. The van der Waals surface area contributed by atoms with Crippen molar-refractivity contribution in [3.63, 3.8) is 0 Å². The molecule has 0 radical (unpaired) electrons. The molecule has 2 nitrogen and oxygen atoms in total. The molecule has 14 heavy (non-hydrogen) atoms. The lowest BCUT2D eigenvalue weighted by Crippen LogP contribution is -2.23. The molecule has 1 aliphatic heterocycles. The lowest BCUT2D eigenvalue weighted by Gasteiger charge is -2.26. The lowest BCUT2D eigenvalue weighted by molar-refractivity contribution is -0.127. The smallest absolute Gasteiger partial charge is 0.148 e. The normalized spacial score (nSPS) is 27.5. The number of carbonyl (C=O) groups is 1. The summed E-state index contributed by atoms with van der Waals surface area (Å²) in [5.41, 5.74) is 1.03. The van der Waals surface area contributed by atoms with Crippen molar-refractivity contribution in [1.82, 2.24) is 0 Å². The van der Waals surface area contributed by atoms with Crippen LogP contribution in [-0.2, 0) is 9.53 Å². The van der Waals surface area contributed by atoms with Crippen molar-refractivity contribution < 1.29 is 9.53 Å². The second-order valence-electron chi connectivity index (χ2n) is 3.38. The van der Waals surface area contributed by atoms with E-state index in [2.05, 4.69) is 0 Å². The molecular formula is C10H11ClO2S. The van der Waals surface area contributed by atoms with Crippen LogP contribution in [0.1, 0.15) is 30.9 Å². The Morgan fingerprint density at radius 3 is 3.07 bits per heavy atom. The van der Waals surface area contributed by atoms with E-state index in [1.807, 2.05) is 11.4 Å². The highest BCUT2D eigenvalue weighted by Crippen LogP contribution is 2.36. The van der Waals surface area contributed by atoms with Gasteiger partial charge in [0.25, 0.3) is 0 Å². The van der Waals surface area contributed by atoms with Gasteiger partial charge >= 0.3 is 0 Å². The van der Waals surface area contributed by atoms with Gasteiger partial charge in [0, 0.05) is 5.56 Å². The van der Waals surface area contributed by atoms with Gasteiger partial charge in [-0.05, 0) is 30.7 Å². The van der Waals surface area contributed by atoms with Crippen molar-refractivity contribution in [1.29, 1.82) is 0 Å². The van der Waals surface area contributed by atoms with Crippen molar-refractivity contribution in [2.75, 3.05) is 0 Å². The third-order valence-electron chi connectivity index (χ3n) is 2.44. The van der Waals surface area contributed by atoms with Crippen LogP contribution in [-0.4, -0.2) is 12.4 Å². The van der Waals surface area contributed by atoms with Crippen molar-refractivity contribution in [3.8, 4) is 0 Å². The molecule has 1 saturated heterocycles. The highest BCUT2D eigenvalue weighted by atomic mass is 35.5. The molecule has 0 aliphatic carbocycles. The van der Waals surface area contributed by atoms with E-state index in [4.69, 9.17) is 16.3 Å². The second kappa shape index (κ2) is 4.43. The van der Waals surface area contributed by atoms with E-state index in [9.17, 15) is 4.79 Å². The molecule has 2 heterocycles. The highest BCUT2D eigenvalue weighted by Gasteiger charge is 2.25. The molecule has 2 unspecified atom stereocenters. The molecule has 0 amide bonds. The van der Waals surface area contributed by atoms with Crippen LogP contribution >= 0.6 is 22.9 Å². The fourth-order valence-corrected chi connectivity index (χ4v) is 2.72. The van der Waals surface area contributed by atoms with Gasteiger partial charge in [-0.2, -0.15) is 0 Å². The van der Waals surface area contributed by atoms with Gasteiger partial charge in [-0.1, -0.05) is 11.6 Å². The maximum Gasteiger partial charge on any atom is 0.148 e. The first kappa shape index (κ1) is 10.1. The van der Waals surface area contributed by atoms with Crippen molar-refractivity contribution in [2.24, 2.45) is 0 Å². The Morgan fingerprint density at radius 2 is 2.43 bits per heavy atom. The molecule has 1 aromatic rings. The van der Waals surface area contributed by atoms with Crippen LogP contribution in [0.4, 0.5) is 0 Å². The van der Waals surface area contributed by atoms with E-state index in [0.717, 1.165) is 35.4 Å². The van der Waals surface area contributed by atoms with Gasteiger partial charge in [0.1, 0.15) is 12.4 Å². The molecule has 0 N–H and O–H groups in total. The monoisotopic (exact) mass is 230 g/mol. The first-order chi connectivity index (χ1) is 6.81. The SMILES string of the molecule is O=CC1CCCC(c2ccsc2Cl)O1. The fourth-order valence-electron chi connectivity index (χ4n) is 1.71. The molecule has 4 heteroatoms. The van der Waals surface area contributed by atoms with Crippen LogP contribution in [0.3, 0.4) is 0 Å². The molecule has 1 aliphatic rings. The molecule has 0 aromatic carbocycles. The Morgan fingerprint density at radius 1 is 1.57 bits per heavy atom. The summed E-state index contributed by atoms with van der Waals surface area (Å²) in [5, 5.41) is 1.95. The minimum atomic E-state index is -0.246. The van der Waals surface area contributed by atoms with Gasteiger partial charge in [-0.15, -0.1) is 11.3 Å². The average Bonchev–Trinajstić information content (AvgIpc) is 2.65. The summed E-state index contributed by atoms with van der Waals surface area (Å²) in [5.74, 6) is 0. The number of hydrogen-bond donors (Lipinski definition) is 0. The summed E-state index contributed by atoms with van der Waals surface area (Å²) in [4.78, 5) is 10.6. The van der Waals surface area contributed by atoms with Crippen LogP contribution in [0.25, 0.3) is 0 Å². The van der Waals surface area contributed by atoms with Crippen LogP contribution in [0, 0.1) is 0 Å². The first-order valence-electron chi connectivity index (χ1n) is 4.65. The molecule has 2 rings (SSSR count). The summed E-state index contributed by atoms with van der Waals surface area (Å²) in [7, 11) is 0. The lowest BCUT2D eigenvalue weighted by atomic mass is 10.0. The number of aldehydes is 1. The summed E-state index contributed by atoms with van der Waals surface area (Å²) in [6.07, 6.45) is 3.47. The maximum atomic E-state index is 10.6. The molecule has 2 atom stereocenters. The van der Waals surface area contributed by atoms with Gasteiger partial charge in [0.2, 0.25) is 0 Å². The van der Waals surface area contributed by atoms with Crippen LogP contribution in [0.15, 0.2) is 11.4 Å². The molecule has 76 valence electrons. The van der Waals surface area contributed by atoms with E-state index in [1.165, 1.54) is 11.3 Å². The van der Waals surface area contributed by atoms with Gasteiger partial charge < -0.3 is 9.53 Å². The Bertz CT molecular complexity index is 324. The first-order valence-corrected chi connectivity index (χ1v) is 5.90. The van der Waals surface area contributed by atoms with E-state index >= 15 is 0 Å². The number of rotatable bonds is 2. The zero-order chi connectivity index (χ0) is 9.97. The summed E-state index contributed by atoms with van der Waals surface area (Å²) in [6, 6.07) is 1.98. The van der Waals surface area contributed by atoms with Crippen LogP contribution in [0.2, 0.25) is 4.34 Å². The number of thiophene rings is 1. The van der Waals surface area contributed by atoms with Crippen molar-refractivity contribution in [3.05, 3.63) is 21.3 Å². The average molecular weight is 231 g/mol. The van der Waals surface area contributed by atoms with Gasteiger partial charge in [0.15, 0.2) is 0 Å². The largest absolute Gasteiger partial charge is 0.363 e. The zero-order valence-corrected chi connectivity index (χ0v) is 9.18. The Kier molecular flexibility index (Phi) is 3.21. The summed E-state index contributed by atoms with van der Waals surface area (Å²) < 4.78 is 6.39. The molecule has 1 aromatic heterocycles. The zero-order valence-electron chi connectivity index (χ0n) is 7.61. The number of ether oxygens (including phenoxy) is 1. The molecule has 0 spiro atoms. The minimum Gasteiger partial charge on any atom is -0.363 e. The Balaban J connectivity index is 2.11. The third-order valence-corrected chi connectivity index (χ3v) is 3.64. The quantitative estimate of drug-likeness (QED) is 0.730. The van der Waals surface area contributed by atoms with Gasteiger partial charge in [-0.25, -0.2) is 0 Å². The molecule has 0 saturated carbocycles. The second-order valence-corrected chi connectivity index (χ2v) is 4.90. The van der Waals surface area contributed by atoms with Crippen molar-refractivity contribution >= 4 is 29.2 Å². The van der Waals surface area contributed by atoms with Crippen LogP contribution in [0.5, 0.6) is 0 Å². The van der Waals surface area contributed by atoms with Gasteiger partial charge in [-0.3, -0.25) is 0 Å². The molecule has 0 bridgehead atoms. The van der Waals surface area contributed by atoms with E-state index in [0.29, 0.717) is 0 Å². The van der Waals surface area contributed by atoms with E-state index in [1.54, 1.807) is 0 Å². The Hall–Kier alpha value is -0.380. The number of halogens is 1. The Labute approximate surface area is 91.8 Å². The van der Waals surface area contributed by atoms with Crippen molar-refractivity contribution in [2.45, 2.75) is 31.5 Å². The standard InChI is InChI=1S/C10H11ClO2S/c11-10-8(4-5-14-10)9-3-1-2-7(6-12)13-9/h4-7,9H,1-3H2. The topological polar surface area (TPSA) is 26.3 Å². The highest BCUT2D eigenvalue weighted by molar-refractivity contribution is 7.14. The maximum absolute atomic E-state index is 10.6. The summed E-state index contributed by atoms with van der Waals surface area (Å²) in [6.45, 7) is 0. The van der Waals surface area contributed by atoms with E-state index < -0.39 is 0 Å². The predicted octanol–water partition coefficient (Wildman–Crippen LogP) is 3.21. The predicted molar refractivity (Wildman–Crippen MR) is 56.9 cm³/mol. The molecule has 1 fully saturated rings. The molecular weight excluding hydrogens is 220 g/mol. The summed E-state index contributed by atoms with van der Waals surface area (Å²) >= 11 is 7.52.